The van der Waals surface area contributed by atoms with Crippen LogP contribution >= 0.6 is 0 Å². The largest absolute Gasteiger partial charge is 0.457 e. The molecule has 0 atom stereocenters. The Balaban J connectivity index is 1.60. The number of carbonyl (C=O) groups excluding carboxylic acids is 3. The molecule has 3 aromatic carbocycles. The summed E-state index contributed by atoms with van der Waals surface area (Å²) in [6.45, 7) is 2.39. The maximum atomic E-state index is 14.4. The van der Waals surface area contributed by atoms with Crippen LogP contribution in [-0.4, -0.2) is 31.1 Å². The summed E-state index contributed by atoms with van der Waals surface area (Å²) in [4.78, 5) is 37.2. The van der Waals surface area contributed by atoms with Crippen molar-refractivity contribution in [2.75, 3.05) is 13.2 Å². The highest BCUT2D eigenvalue weighted by atomic mass is 19.1. The molecule has 0 spiro atoms. The SMILES string of the molecule is CCOCCC1(c2ccc(Oc3ccc(F)c(-c4ccccc4)c3)cc2)C(=O)NC(=O)NC1=O. The average Bonchev–Trinajstić information content (AvgIpc) is 2.83. The third-order valence-corrected chi connectivity index (χ3v) is 5.66. The van der Waals surface area contributed by atoms with Gasteiger partial charge in [-0.2, -0.15) is 0 Å². The molecule has 2 N–H and O–H groups in total. The summed E-state index contributed by atoms with van der Waals surface area (Å²) in [6.07, 6.45) is 0.0599. The standard InChI is InChI=1S/C26H23FN2O5/c1-2-33-15-14-26(23(30)28-25(32)29-24(26)31)18-8-10-19(11-9-18)34-20-12-13-22(27)21(16-20)17-6-4-3-5-7-17/h3-13,16H,2,14-15H2,1H3,(H2,28,29,30,31,32). The predicted octanol–water partition coefficient (Wildman–Crippen LogP) is 4.32. The molecule has 0 aromatic heterocycles. The Morgan fingerprint density at radius 3 is 2.15 bits per heavy atom. The molecule has 1 aliphatic heterocycles. The van der Waals surface area contributed by atoms with Crippen molar-refractivity contribution in [3.63, 3.8) is 0 Å². The van der Waals surface area contributed by atoms with Crippen molar-refractivity contribution in [2.24, 2.45) is 0 Å². The second kappa shape index (κ2) is 9.84. The second-order valence-corrected chi connectivity index (χ2v) is 7.72. The van der Waals surface area contributed by atoms with E-state index in [9.17, 15) is 18.8 Å². The minimum Gasteiger partial charge on any atom is -0.457 e. The van der Waals surface area contributed by atoms with Gasteiger partial charge in [0.2, 0.25) is 11.8 Å². The number of rotatable bonds is 8. The van der Waals surface area contributed by atoms with Crippen LogP contribution in [0.5, 0.6) is 11.5 Å². The average molecular weight is 462 g/mol. The lowest BCUT2D eigenvalue weighted by Gasteiger charge is -2.34. The number of imide groups is 2. The maximum absolute atomic E-state index is 14.4. The summed E-state index contributed by atoms with van der Waals surface area (Å²) in [7, 11) is 0. The molecule has 0 saturated carbocycles. The monoisotopic (exact) mass is 462 g/mol. The van der Waals surface area contributed by atoms with Gasteiger partial charge >= 0.3 is 6.03 Å². The second-order valence-electron chi connectivity index (χ2n) is 7.72. The Morgan fingerprint density at radius 1 is 0.853 bits per heavy atom. The van der Waals surface area contributed by atoms with Gasteiger partial charge in [0.05, 0.1) is 0 Å². The van der Waals surface area contributed by atoms with E-state index in [4.69, 9.17) is 9.47 Å². The fourth-order valence-electron chi connectivity index (χ4n) is 3.91. The summed E-state index contributed by atoms with van der Waals surface area (Å²) in [5.74, 6) is -0.921. The Hall–Kier alpha value is -4.04. The Morgan fingerprint density at radius 2 is 1.50 bits per heavy atom. The number of hydrogen-bond acceptors (Lipinski definition) is 5. The van der Waals surface area contributed by atoms with Gasteiger partial charge in [-0.05, 0) is 54.8 Å². The third-order valence-electron chi connectivity index (χ3n) is 5.66. The topological polar surface area (TPSA) is 93.7 Å². The van der Waals surface area contributed by atoms with Crippen LogP contribution in [0.3, 0.4) is 0 Å². The first-order valence-electron chi connectivity index (χ1n) is 10.8. The highest BCUT2D eigenvalue weighted by molar-refractivity contribution is 6.22. The van der Waals surface area contributed by atoms with Crippen LogP contribution in [0.1, 0.15) is 18.9 Å². The first-order valence-corrected chi connectivity index (χ1v) is 10.8. The van der Waals surface area contributed by atoms with Crippen LogP contribution in [0.2, 0.25) is 0 Å². The lowest BCUT2D eigenvalue weighted by molar-refractivity contribution is -0.139. The molecule has 174 valence electrons. The molecule has 1 saturated heterocycles. The number of urea groups is 1. The van der Waals surface area contributed by atoms with E-state index < -0.39 is 23.3 Å². The molecular formula is C26H23FN2O5. The first kappa shape index (κ1) is 23.1. The van der Waals surface area contributed by atoms with E-state index in [-0.39, 0.29) is 18.8 Å². The van der Waals surface area contributed by atoms with Gasteiger partial charge in [0.25, 0.3) is 0 Å². The highest BCUT2D eigenvalue weighted by Crippen LogP contribution is 2.34. The van der Waals surface area contributed by atoms with E-state index in [0.717, 1.165) is 5.56 Å². The normalized spacial score (nSPS) is 14.9. The van der Waals surface area contributed by atoms with E-state index >= 15 is 0 Å². The molecule has 4 amide bonds. The van der Waals surface area contributed by atoms with Gasteiger partial charge in [0.15, 0.2) is 5.41 Å². The molecule has 1 aliphatic rings. The van der Waals surface area contributed by atoms with Gasteiger partial charge in [0.1, 0.15) is 17.3 Å². The number of benzene rings is 3. The Kier molecular flexibility index (Phi) is 6.70. The van der Waals surface area contributed by atoms with Crippen molar-refractivity contribution >= 4 is 17.8 Å². The minimum atomic E-state index is -1.61. The summed E-state index contributed by atoms with van der Waals surface area (Å²) < 4.78 is 25.6. The third kappa shape index (κ3) is 4.53. The number of hydrogen-bond donors (Lipinski definition) is 2. The lowest BCUT2D eigenvalue weighted by Crippen LogP contribution is -2.65. The molecule has 34 heavy (non-hydrogen) atoms. The van der Waals surface area contributed by atoms with Crippen molar-refractivity contribution in [1.82, 2.24) is 10.6 Å². The van der Waals surface area contributed by atoms with Crippen LogP contribution in [0.4, 0.5) is 9.18 Å². The lowest BCUT2D eigenvalue weighted by atomic mass is 9.75. The molecule has 0 aliphatic carbocycles. The number of ether oxygens (including phenoxy) is 2. The molecule has 0 unspecified atom stereocenters. The molecule has 4 rings (SSSR count). The Labute approximate surface area is 195 Å². The summed E-state index contributed by atoms with van der Waals surface area (Å²) in [5.41, 5.74) is -0.0883. The van der Waals surface area contributed by atoms with Crippen LogP contribution < -0.4 is 15.4 Å². The van der Waals surface area contributed by atoms with Crippen molar-refractivity contribution in [1.29, 1.82) is 0 Å². The van der Waals surface area contributed by atoms with E-state index in [2.05, 4.69) is 10.6 Å². The van der Waals surface area contributed by atoms with Gasteiger partial charge in [-0.15, -0.1) is 0 Å². The van der Waals surface area contributed by atoms with Crippen LogP contribution in [0, 0.1) is 5.82 Å². The maximum Gasteiger partial charge on any atom is 0.328 e. The summed E-state index contributed by atoms with van der Waals surface area (Å²) in [6, 6.07) is 19.1. The minimum absolute atomic E-state index is 0.0599. The molecule has 8 heteroatoms. The van der Waals surface area contributed by atoms with E-state index in [1.165, 1.54) is 12.1 Å². The summed E-state index contributed by atoms with van der Waals surface area (Å²) >= 11 is 0. The zero-order chi connectivity index (χ0) is 24.1. The van der Waals surface area contributed by atoms with E-state index in [1.807, 2.05) is 37.3 Å². The predicted molar refractivity (Wildman–Crippen MR) is 123 cm³/mol. The molecule has 1 heterocycles. The number of nitrogens with one attached hydrogen (secondary N) is 2. The fraction of sp³-hybridized carbons (Fsp3) is 0.192. The van der Waals surface area contributed by atoms with Gasteiger partial charge in [-0.3, -0.25) is 20.2 Å². The van der Waals surface area contributed by atoms with Crippen molar-refractivity contribution in [2.45, 2.75) is 18.8 Å². The van der Waals surface area contributed by atoms with Crippen molar-refractivity contribution in [3.05, 3.63) is 84.2 Å². The van der Waals surface area contributed by atoms with Crippen molar-refractivity contribution in [3.8, 4) is 22.6 Å². The van der Waals surface area contributed by atoms with E-state index in [0.29, 0.717) is 29.2 Å². The highest BCUT2D eigenvalue weighted by Gasteiger charge is 2.51. The molecule has 0 radical (unpaired) electrons. The number of carbonyl (C=O) groups is 3. The molecule has 0 bridgehead atoms. The molecule has 1 fully saturated rings. The molecular weight excluding hydrogens is 439 g/mol. The van der Waals surface area contributed by atoms with Crippen molar-refractivity contribution < 1.29 is 28.2 Å². The van der Waals surface area contributed by atoms with Gasteiger partial charge in [-0.1, -0.05) is 42.5 Å². The fourth-order valence-corrected chi connectivity index (χ4v) is 3.91. The summed E-state index contributed by atoms with van der Waals surface area (Å²) in [5, 5.41) is 4.35. The Bertz CT molecular complexity index is 1190. The van der Waals surface area contributed by atoms with Gasteiger partial charge in [-0.25, -0.2) is 9.18 Å². The zero-order valence-corrected chi connectivity index (χ0v) is 18.5. The van der Waals surface area contributed by atoms with Crippen LogP contribution in [-0.2, 0) is 19.7 Å². The molecule has 7 nitrogen and oxygen atoms in total. The zero-order valence-electron chi connectivity index (χ0n) is 18.5. The number of amides is 4. The number of halogens is 1. The quantitative estimate of drug-likeness (QED) is 0.384. The van der Waals surface area contributed by atoms with Crippen LogP contribution in [0.25, 0.3) is 11.1 Å². The van der Waals surface area contributed by atoms with Gasteiger partial charge in [0, 0.05) is 18.8 Å². The first-order chi connectivity index (χ1) is 16.4. The van der Waals surface area contributed by atoms with E-state index in [1.54, 1.807) is 30.3 Å². The van der Waals surface area contributed by atoms with Crippen LogP contribution in [0.15, 0.2) is 72.8 Å². The number of barbiturate groups is 1. The smallest absolute Gasteiger partial charge is 0.328 e. The van der Waals surface area contributed by atoms with Gasteiger partial charge < -0.3 is 9.47 Å². The molecule has 3 aromatic rings.